The molecule has 3 aromatic rings. The van der Waals surface area contributed by atoms with Crippen molar-refractivity contribution in [2.45, 2.75) is 38.9 Å². The highest BCUT2D eigenvalue weighted by atomic mass is 35.5. The maximum Gasteiger partial charge on any atom is 0.251 e. The predicted molar refractivity (Wildman–Crippen MR) is 132 cm³/mol. The third-order valence-electron chi connectivity index (χ3n) is 6.28. The van der Waals surface area contributed by atoms with Gasteiger partial charge in [0.15, 0.2) is 0 Å². The van der Waals surface area contributed by atoms with Crippen molar-refractivity contribution in [1.82, 2.24) is 20.3 Å². The quantitative estimate of drug-likeness (QED) is 0.503. The summed E-state index contributed by atoms with van der Waals surface area (Å²) in [4.78, 5) is 19.7. The van der Waals surface area contributed by atoms with Crippen LogP contribution in [0.4, 0.5) is 0 Å². The first-order valence-corrected chi connectivity index (χ1v) is 11.9. The van der Waals surface area contributed by atoms with Crippen molar-refractivity contribution < 1.29 is 18.7 Å². The van der Waals surface area contributed by atoms with Gasteiger partial charge in [0.25, 0.3) is 5.91 Å². The molecule has 8 nitrogen and oxygen atoms in total. The number of nitrogens with zero attached hydrogens (tertiary/aromatic N) is 3. The highest BCUT2D eigenvalue weighted by molar-refractivity contribution is 6.32. The number of hydrogen-bond donors (Lipinski definition) is 1. The number of carbonyl (C=O) groups is 1. The van der Waals surface area contributed by atoms with Crippen LogP contribution >= 0.6 is 11.6 Å². The molecule has 0 radical (unpaired) electrons. The molecule has 2 atom stereocenters. The molecule has 2 aliphatic heterocycles. The zero-order chi connectivity index (χ0) is 24.5. The lowest BCUT2D eigenvalue weighted by atomic mass is 10.0. The van der Waals surface area contributed by atoms with Crippen molar-refractivity contribution in [3.63, 3.8) is 0 Å². The number of carbonyl (C=O) groups excluding carboxylic acids is 1. The minimum atomic E-state index is -0.323. The molecule has 1 amide bonds. The van der Waals surface area contributed by atoms with Crippen LogP contribution in [-0.2, 0) is 11.3 Å². The highest BCUT2D eigenvalue weighted by Gasteiger charge is 2.40. The van der Waals surface area contributed by atoms with E-state index in [1.54, 1.807) is 18.2 Å². The monoisotopic (exact) mass is 494 g/mol. The number of benzene rings is 2. The number of oxazole rings is 1. The van der Waals surface area contributed by atoms with Crippen molar-refractivity contribution in [3.8, 4) is 23.0 Å². The lowest BCUT2D eigenvalue weighted by molar-refractivity contribution is -0.135. The predicted octanol–water partition coefficient (Wildman–Crippen LogP) is 4.84. The van der Waals surface area contributed by atoms with E-state index in [0.29, 0.717) is 53.4 Å². The van der Waals surface area contributed by atoms with Crippen molar-refractivity contribution in [1.29, 1.82) is 0 Å². The summed E-state index contributed by atoms with van der Waals surface area (Å²) in [6.07, 6.45) is 4.28. The smallest absolute Gasteiger partial charge is 0.251 e. The Labute approximate surface area is 209 Å². The van der Waals surface area contributed by atoms with E-state index in [0.717, 1.165) is 11.1 Å². The minimum Gasteiger partial charge on any atom is -0.496 e. The van der Waals surface area contributed by atoms with Gasteiger partial charge < -0.3 is 23.8 Å². The SMILES string of the molecule is CCOc1ccc(C2CC3C(=O)N(Cc4nc(-c5ccccc5OC)oc4C)C=CN3N2)cc1Cl. The highest BCUT2D eigenvalue weighted by Crippen LogP contribution is 2.35. The van der Waals surface area contributed by atoms with Crippen LogP contribution in [0.5, 0.6) is 11.5 Å². The van der Waals surface area contributed by atoms with Crippen LogP contribution < -0.4 is 14.9 Å². The third kappa shape index (κ3) is 4.47. The van der Waals surface area contributed by atoms with Crippen molar-refractivity contribution in [2.24, 2.45) is 0 Å². The van der Waals surface area contributed by atoms with Crippen molar-refractivity contribution in [3.05, 3.63) is 76.9 Å². The standard InChI is InChI=1S/C26H27ClN4O4/c1-4-34-24-10-9-17(13-19(24)27)20-14-22-26(32)30(11-12-31(22)29-20)15-21-16(2)35-25(28-21)18-7-5-6-8-23(18)33-3/h5-13,20,22,29H,4,14-15H2,1-3H3. The van der Waals surface area contributed by atoms with Crippen LogP contribution in [0.2, 0.25) is 5.02 Å². The molecule has 3 heterocycles. The fourth-order valence-electron chi connectivity index (χ4n) is 4.46. The average molecular weight is 495 g/mol. The van der Waals surface area contributed by atoms with Gasteiger partial charge in [-0.05, 0) is 50.1 Å². The molecule has 2 aliphatic rings. The lowest BCUT2D eigenvalue weighted by Gasteiger charge is -2.31. The molecular formula is C26H27ClN4O4. The Kier molecular flexibility index (Phi) is 6.40. The summed E-state index contributed by atoms with van der Waals surface area (Å²) in [6.45, 7) is 4.65. The third-order valence-corrected chi connectivity index (χ3v) is 6.58. The van der Waals surface area contributed by atoms with Crippen LogP contribution in [0.3, 0.4) is 0 Å². The topological polar surface area (TPSA) is 80.1 Å². The Bertz CT molecular complexity index is 1270. The van der Waals surface area contributed by atoms with Crippen LogP contribution in [0.1, 0.15) is 36.4 Å². The van der Waals surface area contributed by atoms with Crippen molar-refractivity contribution >= 4 is 17.5 Å². The van der Waals surface area contributed by atoms with Crippen LogP contribution in [0.25, 0.3) is 11.5 Å². The van der Waals surface area contributed by atoms with Gasteiger partial charge in [-0.25, -0.2) is 10.4 Å². The maximum atomic E-state index is 13.4. The summed E-state index contributed by atoms with van der Waals surface area (Å²) in [5.74, 6) is 2.48. The van der Waals surface area contributed by atoms with Gasteiger partial charge in [-0.15, -0.1) is 0 Å². The maximum absolute atomic E-state index is 13.4. The molecule has 1 fully saturated rings. The molecule has 1 saturated heterocycles. The number of hydrogen-bond acceptors (Lipinski definition) is 7. The molecule has 5 rings (SSSR count). The summed E-state index contributed by atoms with van der Waals surface area (Å²) in [5.41, 5.74) is 5.89. The van der Waals surface area contributed by atoms with Crippen molar-refractivity contribution in [2.75, 3.05) is 13.7 Å². The van der Waals surface area contributed by atoms with Gasteiger partial charge in [0.1, 0.15) is 29.0 Å². The number of fused-ring (bicyclic) bond motifs is 1. The molecule has 0 spiro atoms. The minimum absolute atomic E-state index is 0.000718. The second-order valence-electron chi connectivity index (χ2n) is 8.45. The van der Waals surface area contributed by atoms with Gasteiger partial charge in [-0.3, -0.25) is 4.79 Å². The van der Waals surface area contributed by atoms with E-state index in [-0.39, 0.29) is 18.0 Å². The molecule has 0 aliphatic carbocycles. The lowest BCUT2D eigenvalue weighted by Crippen LogP contribution is -2.47. The summed E-state index contributed by atoms with van der Waals surface area (Å²) in [7, 11) is 1.61. The molecule has 1 N–H and O–H groups in total. The molecule has 2 aromatic carbocycles. The fraction of sp³-hybridized carbons (Fsp3) is 0.308. The number of amides is 1. The van der Waals surface area contributed by atoms with Crippen LogP contribution in [0.15, 0.2) is 59.3 Å². The largest absolute Gasteiger partial charge is 0.496 e. The van der Waals surface area contributed by atoms with E-state index in [4.69, 9.17) is 25.5 Å². The van der Waals surface area contributed by atoms with Gasteiger partial charge in [0, 0.05) is 12.4 Å². The Balaban J connectivity index is 1.30. The Morgan fingerprint density at radius 3 is 2.80 bits per heavy atom. The number of rotatable bonds is 7. The summed E-state index contributed by atoms with van der Waals surface area (Å²) in [5, 5.41) is 2.43. The van der Waals surface area contributed by atoms with Gasteiger partial charge in [-0.2, -0.15) is 0 Å². The summed E-state index contributed by atoms with van der Waals surface area (Å²) < 4.78 is 16.9. The molecule has 2 unspecified atom stereocenters. The number of aromatic nitrogens is 1. The number of nitrogens with one attached hydrogen (secondary N) is 1. The molecule has 0 bridgehead atoms. The van der Waals surface area contributed by atoms with E-state index in [1.807, 2.05) is 67.5 Å². The molecule has 9 heteroatoms. The normalized spacial score (nSPS) is 19.3. The molecule has 35 heavy (non-hydrogen) atoms. The van der Waals surface area contributed by atoms with Gasteiger partial charge in [0.2, 0.25) is 5.89 Å². The van der Waals surface area contributed by atoms with E-state index in [2.05, 4.69) is 10.4 Å². The first-order valence-electron chi connectivity index (χ1n) is 11.5. The van der Waals surface area contributed by atoms with Gasteiger partial charge in [0.05, 0.1) is 36.9 Å². The number of hydrazine groups is 1. The zero-order valence-electron chi connectivity index (χ0n) is 19.8. The molecule has 0 saturated carbocycles. The average Bonchev–Trinajstić information content (AvgIpc) is 3.46. The number of ether oxygens (including phenoxy) is 2. The first-order chi connectivity index (χ1) is 17.0. The number of para-hydroxylation sites is 1. The van der Waals surface area contributed by atoms with E-state index >= 15 is 0 Å². The summed E-state index contributed by atoms with van der Waals surface area (Å²) in [6, 6.07) is 13.0. The van der Waals surface area contributed by atoms with E-state index < -0.39 is 0 Å². The van der Waals surface area contributed by atoms with E-state index in [1.165, 1.54) is 0 Å². The second kappa shape index (κ2) is 9.64. The molecular weight excluding hydrogens is 468 g/mol. The second-order valence-corrected chi connectivity index (χ2v) is 8.86. The number of methoxy groups -OCH3 is 1. The zero-order valence-corrected chi connectivity index (χ0v) is 20.6. The van der Waals surface area contributed by atoms with Crippen LogP contribution in [0, 0.1) is 6.92 Å². The Morgan fingerprint density at radius 1 is 1.20 bits per heavy atom. The van der Waals surface area contributed by atoms with E-state index in [9.17, 15) is 4.79 Å². The molecule has 182 valence electrons. The molecule has 1 aromatic heterocycles. The fourth-order valence-corrected chi connectivity index (χ4v) is 4.71. The summed E-state index contributed by atoms with van der Waals surface area (Å²) >= 11 is 6.38. The first kappa shape index (κ1) is 23.3. The van der Waals surface area contributed by atoms with Crippen LogP contribution in [-0.4, -0.2) is 40.6 Å². The van der Waals surface area contributed by atoms with Gasteiger partial charge in [-0.1, -0.05) is 29.8 Å². The Morgan fingerprint density at radius 2 is 2.03 bits per heavy atom. The van der Waals surface area contributed by atoms with Gasteiger partial charge >= 0.3 is 0 Å². The number of aryl methyl sites for hydroxylation is 1. The Hall–Kier alpha value is -3.49. The number of halogens is 1.